The van der Waals surface area contributed by atoms with Crippen LogP contribution in [0.1, 0.15) is 38.5 Å². The summed E-state index contributed by atoms with van der Waals surface area (Å²) in [7, 11) is -3.51. The molecule has 1 aliphatic heterocycles. The average Bonchev–Trinajstić information content (AvgIpc) is 2.79. The largest absolute Gasteiger partial charge is 0.401 e. The predicted molar refractivity (Wildman–Crippen MR) is 69.8 cm³/mol. The Morgan fingerprint density at radius 1 is 1.10 bits per heavy atom. The number of piperidine rings is 1. The van der Waals surface area contributed by atoms with Gasteiger partial charge in [0.15, 0.2) is 0 Å². The van der Waals surface area contributed by atoms with Crippen LogP contribution in [0.2, 0.25) is 0 Å². The first-order valence-electron chi connectivity index (χ1n) is 7.06. The quantitative estimate of drug-likeness (QED) is 0.862. The second kappa shape index (κ2) is 6.19. The second-order valence-corrected chi connectivity index (χ2v) is 7.75. The highest BCUT2D eigenvalue weighted by atomic mass is 32.2. The van der Waals surface area contributed by atoms with Gasteiger partial charge >= 0.3 is 6.18 Å². The topological polar surface area (TPSA) is 49.4 Å². The van der Waals surface area contributed by atoms with Gasteiger partial charge in [-0.3, -0.25) is 4.90 Å². The van der Waals surface area contributed by atoms with Gasteiger partial charge < -0.3 is 0 Å². The molecule has 1 saturated heterocycles. The third kappa shape index (κ3) is 4.60. The lowest BCUT2D eigenvalue weighted by molar-refractivity contribution is -0.147. The van der Waals surface area contributed by atoms with Crippen molar-refractivity contribution in [1.82, 2.24) is 9.62 Å². The molecule has 2 aliphatic rings. The van der Waals surface area contributed by atoms with Crippen molar-refractivity contribution < 1.29 is 21.6 Å². The SMILES string of the molecule is O=S(=O)(NC1CCCC1)C1CCCN(CC(F)(F)F)C1. The van der Waals surface area contributed by atoms with Crippen molar-refractivity contribution in [2.45, 2.75) is 56.0 Å². The number of hydrogen-bond donors (Lipinski definition) is 1. The Morgan fingerprint density at radius 2 is 1.75 bits per heavy atom. The molecule has 118 valence electrons. The average molecular weight is 314 g/mol. The molecule has 1 aliphatic carbocycles. The summed E-state index contributed by atoms with van der Waals surface area (Å²) < 4.78 is 64.3. The molecule has 0 spiro atoms. The minimum absolute atomic E-state index is 0.0262. The second-order valence-electron chi connectivity index (χ2n) is 5.76. The summed E-state index contributed by atoms with van der Waals surface area (Å²) in [6, 6.07) is -0.0296. The van der Waals surface area contributed by atoms with Crippen LogP contribution < -0.4 is 4.72 Å². The zero-order chi connectivity index (χ0) is 14.8. The van der Waals surface area contributed by atoms with Crippen molar-refractivity contribution in [3.05, 3.63) is 0 Å². The van der Waals surface area contributed by atoms with Gasteiger partial charge in [-0.05, 0) is 32.2 Å². The monoisotopic (exact) mass is 314 g/mol. The smallest absolute Gasteiger partial charge is 0.294 e. The van der Waals surface area contributed by atoms with Crippen LogP contribution in [0.4, 0.5) is 13.2 Å². The van der Waals surface area contributed by atoms with Crippen LogP contribution in [0.15, 0.2) is 0 Å². The van der Waals surface area contributed by atoms with Crippen LogP contribution in [0.5, 0.6) is 0 Å². The van der Waals surface area contributed by atoms with E-state index < -0.39 is 28.0 Å². The molecule has 8 heteroatoms. The molecule has 1 unspecified atom stereocenters. The van der Waals surface area contributed by atoms with Crippen molar-refractivity contribution >= 4 is 10.0 Å². The van der Waals surface area contributed by atoms with Crippen LogP contribution in [-0.4, -0.2) is 50.4 Å². The first-order chi connectivity index (χ1) is 9.26. The summed E-state index contributed by atoms with van der Waals surface area (Å²) in [5.74, 6) is 0. The fraction of sp³-hybridized carbons (Fsp3) is 1.00. The summed E-state index contributed by atoms with van der Waals surface area (Å²) in [5.41, 5.74) is 0. The van der Waals surface area contributed by atoms with E-state index in [0.717, 1.165) is 25.7 Å². The number of sulfonamides is 1. The summed E-state index contributed by atoms with van der Waals surface area (Å²) in [6.45, 7) is -0.737. The Balaban J connectivity index is 1.93. The molecule has 0 radical (unpaired) electrons. The number of rotatable bonds is 4. The van der Waals surface area contributed by atoms with Crippen molar-refractivity contribution in [3.63, 3.8) is 0 Å². The molecule has 2 fully saturated rings. The third-order valence-electron chi connectivity index (χ3n) is 3.99. The zero-order valence-electron chi connectivity index (χ0n) is 11.3. The Hall–Kier alpha value is -0.340. The van der Waals surface area contributed by atoms with E-state index in [4.69, 9.17) is 0 Å². The van der Waals surface area contributed by atoms with Gasteiger partial charge in [0.05, 0.1) is 11.8 Å². The molecule has 0 aromatic rings. The van der Waals surface area contributed by atoms with E-state index in [9.17, 15) is 21.6 Å². The zero-order valence-corrected chi connectivity index (χ0v) is 12.1. The number of halogens is 3. The highest BCUT2D eigenvalue weighted by molar-refractivity contribution is 7.90. The summed E-state index contributed by atoms with van der Waals surface area (Å²) in [5, 5.41) is -0.723. The van der Waals surface area contributed by atoms with Crippen LogP contribution >= 0.6 is 0 Å². The fourth-order valence-electron chi connectivity index (χ4n) is 3.04. The molecule has 1 heterocycles. The first-order valence-corrected chi connectivity index (χ1v) is 8.61. The molecular formula is C12H21F3N2O2S. The molecule has 1 atom stereocenters. The molecule has 1 N–H and O–H groups in total. The Bertz CT molecular complexity index is 419. The van der Waals surface area contributed by atoms with Crippen LogP contribution in [0.3, 0.4) is 0 Å². The molecule has 4 nitrogen and oxygen atoms in total. The predicted octanol–water partition coefficient (Wildman–Crippen LogP) is 1.88. The lowest BCUT2D eigenvalue weighted by atomic mass is 10.1. The first kappa shape index (κ1) is 16.0. The van der Waals surface area contributed by atoms with Gasteiger partial charge in [-0.2, -0.15) is 13.2 Å². The molecule has 2 rings (SSSR count). The van der Waals surface area contributed by atoms with Crippen LogP contribution in [-0.2, 0) is 10.0 Å². The van der Waals surface area contributed by atoms with Crippen molar-refractivity contribution in [2.24, 2.45) is 0 Å². The van der Waals surface area contributed by atoms with E-state index in [1.54, 1.807) is 0 Å². The van der Waals surface area contributed by atoms with Gasteiger partial charge in [-0.1, -0.05) is 12.8 Å². The van der Waals surface area contributed by atoms with E-state index in [1.807, 2.05) is 0 Å². The summed E-state index contributed by atoms with van der Waals surface area (Å²) in [4.78, 5) is 1.20. The lowest BCUT2D eigenvalue weighted by Gasteiger charge is -2.33. The van der Waals surface area contributed by atoms with E-state index in [0.29, 0.717) is 19.4 Å². The minimum atomic E-state index is -4.27. The minimum Gasteiger partial charge on any atom is -0.294 e. The maximum absolute atomic E-state index is 12.4. The Morgan fingerprint density at radius 3 is 2.35 bits per heavy atom. The Labute approximate surface area is 117 Å². The molecule has 1 saturated carbocycles. The van der Waals surface area contributed by atoms with E-state index >= 15 is 0 Å². The normalized spacial score (nSPS) is 27.1. The van der Waals surface area contributed by atoms with Gasteiger partial charge in [0.25, 0.3) is 0 Å². The van der Waals surface area contributed by atoms with E-state index in [1.165, 1.54) is 4.90 Å². The number of hydrogen-bond acceptors (Lipinski definition) is 3. The summed E-state index contributed by atoms with van der Waals surface area (Å²) in [6.07, 6.45) is 0.347. The van der Waals surface area contributed by atoms with Crippen molar-refractivity contribution in [1.29, 1.82) is 0 Å². The van der Waals surface area contributed by atoms with Gasteiger partial charge in [-0.15, -0.1) is 0 Å². The maximum atomic E-state index is 12.4. The molecule has 0 bridgehead atoms. The molecule has 20 heavy (non-hydrogen) atoms. The molecule has 0 aromatic heterocycles. The van der Waals surface area contributed by atoms with Gasteiger partial charge in [0.1, 0.15) is 0 Å². The third-order valence-corrected chi connectivity index (χ3v) is 5.91. The fourth-order valence-corrected chi connectivity index (χ4v) is 4.81. The molecule has 0 amide bonds. The summed E-state index contributed by atoms with van der Waals surface area (Å²) >= 11 is 0. The standard InChI is InChI=1S/C12H21F3N2O2S/c13-12(14,15)9-17-7-3-6-11(8-17)20(18,19)16-10-4-1-2-5-10/h10-11,16H,1-9H2. The lowest BCUT2D eigenvalue weighted by Crippen LogP contribution is -2.50. The number of nitrogens with zero attached hydrogens (tertiary/aromatic N) is 1. The highest BCUT2D eigenvalue weighted by Gasteiger charge is 2.37. The molecule has 0 aromatic carbocycles. The number of alkyl halides is 3. The van der Waals surface area contributed by atoms with Crippen LogP contribution in [0.25, 0.3) is 0 Å². The van der Waals surface area contributed by atoms with Gasteiger partial charge in [-0.25, -0.2) is 13.1 Å². The maximum Gasteiger partial charge on any atom is 0.401 e. The number of nitrogens with one attached hydrogen (secondary N) is 1. The van der Waals surface area contributed by atoms with Crippen molar-refractivity contribution in [2.75, 3.05) is 19.6 Å². The van der Waals surface area contributed by atoms with Crippen LogP contribution in [0, 0.1) is 0 Å². The molecular weight excluding hydrogens is 293 g/mol. The van der Waals surface area contributed by atoms with Gasteiger partial charge in [0.2, 0.25) is 10.0 Å². The van der Waals surface area contributed by atoms with E-state index in [-0.39, 0.29) is 12.6 Å². The number of likely N-dealkylation sites (tertiary alicyclic amines) is 1. The van der Waals surface area contributed by atoms with Gasteiger partial charge in [0, 0.05) is 12.6 Å². The highest BCUT2D eigenvalue weighted by Crippen LogP contribution is 2.24. The van der Waals surface area contributed by atoms with E-state index in [2.05, 4.69) is 4.72 Å². The Kier molecular flexibility index (Phi) is 4.96. The van der Waals surface area contributed by atoms with Crippen molar-refractivity contribution in [3.8, 4) is 0 Å².